The number of amides is 1. The summed E-state index contributed by atoms with van der Waals surface area (Å²) in [5.41, 5.74) is 3.51. The summed E-state index contributed by atoms with van der Waals surface area (Å²) >= 11 is 0. The molecule has 0 aliphatic carbocycles. The van der Waals surface area contributed by atoms with Gasteiger partial charge in [0.25, 0.3) is 5.91 Å². The zero-order chi connectivity index (χ0) is 25.3. The zero-order valence-corrected chi connectivity index (χ0v) is 20.7. The number of hydrogen-bond donors (Lipinski definition) is 1. The molecule has 3 rings (SSSR count). The SMILES string of the molecule is CCCOc1ccc(/C=N\NC(=O)[C@H](C)N(c2ccc(Oc3ccccc3)cc2)S(C)(=O)=O)cc1. The van der Waals surface area contributed by atoms with Gasteiger partial charge in [-0.1, -0.05) is 25.1 Å². The molecule has 0 aromatic heterocycles. The van der Waals surface area contributed by atoms with Crippen LogP contribution in [-0.4, -0.2) is 39.4 Å². The maximum Gasteiger partial charge on any atom is 0.263 e. The number of carbonyl (C=O) groups excluding carboxylic acids is 1. The van der Waals surface area contributed by atoms with Crippen molar-refractivity contribution in [1.82, 2.24) is 5.43 Å². The molecule has 3 aromatic carbocycles. The van der Waals surface area contributed by atoms with E-state index in [1.165, 1.54) is 13.1 Å². The fourth-order valence-corrected chi connectivity index (χ4v) is 4.40. The lowest BCUT2D eigenvalue weighted by molar-refractivity contribution is -0.121. The van der Waals surface area contributed by atoms with Crippen LogP contribution in [0.3, 0.4) is 0 Å². The molecule has 9 heteroatoms. The van der Waals surface area contributed by atoms with Crippen molar-refractivity contribution in [3.63, 3.8) is 0 Å². The fraction of sp³-hybridized carbons (Fsp3) is 0.231. The summed E-state index contributed by atoms with van der Waals surface area (Å²) in [4.78, 5) is 12.7. The summed E-state index contributed by atoms with van der Waals surface area (Å²) in [5.74, 6) is 1.39. The molecule has 0 unspecified atom stereocenters. The molecule has 0 radical (unpaired) electrons. The number of hydrazone groups is 1. The Hall–Kier alpha value is -3.85. The quantitative estimate of drug-likeness (QED) is 0.310. The van der Waals surface area contributed by atoms with Crippen LogP contribution in [0, 0.1) is 0 Å². The minimum Gasteiger partial charge on any atom is -0.494 e. The number of hydrogen-bond acceptors (Lipinski definition) is 6. The lowest BCUT2D eigenvalue weighted by Gasteiger charge is -2.27. The molecule has 0 bridgehead atoms. The topological polar surface area (TPSA) is 97.3 Å². The molecule has 35 heavy (non-hydrogen) atoms. The molecule has 1 N–H and O–H groups in total. The van der Waals surface area contributed by atoms with Gasteiger partial charge in [0.2, 0.25) is 10.0 Å². The van der Waals surface area contributed by atoms with E-state index in [1.54, 1.807) is 24.3 Å². The summed E-state index contributed by atoms with van der Waals surface area (Å²) in [6.07, 6.45) is 3.45. The molecule has 0 aliphatic heterocycles. The second-order valence-corrected chi connectivity index (χ2v) is 9.65. The summed E-state index contributed by atoms with van der Waals surface area (Å²) in [7, 11) is -3.76. The van der Waals surface area contributed by atoms with Crippen LogP contribution in [-0.2, 0) is 14.8 Å². The zero-order valence-electron chi connectivity index (χ0n) is 19.9. The molecule has 3 aromatic rings. The molecule has 8 nitrogen and oxygen atoms in total. The number of para-hydroxylation sites is 1. The van der Waals surface area contributed by atoms with Gasteiger partial charge < -0.3 is 9.47 Å². The van der Waals surface area contributed by atoms with E-state index in [4.69, 9.17) is 9.47 Å². The van der Waals surface area contributed by atoms with Crippen LogP contribution in [0.25, 0.3) is 0 Å². The van der Waals surface area contributed by atoms with Gasteiger partial charge in [-0.15, -0.1) is 0 Å². The summed E-state index contributed by atoms with van der Waals surface area (Å²) < 4.78 is 37.4. The first-order valence-corrected chi connectivity index (χ1v) is 13.0. The van der Waals surface area contributed by atoms with E-state index in [9.17, 15) is 13.2 Å². The van der Waals surface area contributed by atoms with Crippen LogP contribution in [0.4, 0.5) is 5.69 Å². The number of benzene rings is 3. The first-order valence-electron chi connectivity index (χ1n) is 11.2. The first-order chi connectivity index (χ1) is 16.8. The van der Waals surface area contributed by atoms with Crippen LogP contribution in [0.15, 0.2) is 84.0 Å². The Morgan fingerprint density at radius 1 is 0.971 bits per heavy atom. The van der Waals surface area contributed by atoms with Gasteiger partial charge in [-0.3, -0.25) is 9.10 Å². The first kappa shape index (κ1) is 25.8. The van der Waals surface area contributed by atoms with Gasteiger partial charge in [0.15, 0.2) is 0 Å². The van der Waals surface area contributed by atoms with Crippen LogP contribution < -0.4 is 19.2 Å². The second kappa shape index (κ2) is 12.0. The molecule has 0 heterocycles. The molecule has 1 atom stereocenters. The number of nitrogens with zero attached hydrogens (tertiary/aromatic N) is 2. The third kappa shape index (κ3) is 7.58. The molecular formula is C26H29N3O5S. The highest BCUT2D eigenvalue weighted by Crippen LogP contribution is 2.27. The standard InChI is InChI=1S/C26H29N3O5S/c1-4-18-33-23-14-10-21(11-15-23)19-27-28-26(30)20(2)29(35(3,31)32)22-12-16-25(17-13-22)34-24-8-6-5-7-9-24/h5-17,19-20H,4,18H2,1-3H3,(H,28,30)/b27-19-/t20-/m0/s1. The second-order valence-electron chi connectivity index (χ2n) is 7.80. The number of carbonyl (C=O) groups is 1. The van der Waals surface area contributed by atoms with Gasteiger partial charge in [-0.25, -0.2) is 13.8 Å². The van der Waals surface area contributed by atoms with Crippen molar-refractivity contribution in [3.8, 4) is 17.2 Å². The summed E-state index contributed by atoms with van der Waals surface area (Å²) in [5, 5.41) is 3.97. The van der Waals surface area contributed by atoms with Crippen LogP contribution >= 0.6 is 0 Å². The molecule has 0 fully saturated rings. The Kier molecular flexibility index (Phi) is 8.86. The normalized spacial score (nSPS) is 12.2. The van der Waals surface area contributed by atoms with E-state index in [0.29, 0.717) is 23.8 Å². The van der Waals surface area contributed by atoms with Crippen LogP contribution in [0.5, 0.6) is 17.2 Å². The highest BCUT2D eigenvalue weighted by Gasteiger charge is 2.29. The van der Waals surface area contributed by atoms with Crippen molar-refractivity contribution in [3.05, 3.63) is 84.4 Å². The Morgan fingerprint density at radius 2 is 1.57 bits per heavy atom. The average Bonchev–Trinajstić information content (AvgIpc) is 2.84. The molecule has 0 spiro atoms. The summed E-state index contributed by atoms with van der Waals surface area (Å²) in [6.45, 7) is 4.17. The monoisotopic (exact) mass is 495 g/mol. The van der Waals surface area contributed by atoms with E-state index >= 15 is 0 Å². The van der Waals surface area contributed by atoms with E-state index < -0.39 is 22.0 Å². The van der Waals surface area contributed by atoms with Gasteiger partial charge in [0.1, 0.15) is 23.3 Å². The van der Waals surface area contributed by atoms with E-state index in [-0.39, 0.29) is 0 Å². The predicted octanol–water partition coefficient (Wildman–Crippen LogP) is 4.57. The van der Waals surface area contributed by atoms with Crippen molar-refractivity contribution in [1.29, 1.82) is 0 Å². The number of nitrogens with one attached hydrogen (secondary N) is 1. The van der Waals surface area contributed by atoms with Gasteiger partial charge in [-0.2, -0.15) is 5.10 Å². The van der Waals surface area contributed by atoms with Crippen molar-refractivity contribution in [2.45, 2.75) is 26.3 Å². The Labute approximate surface area is 206 Å². The predicted molar refractivity (Wildman–Crippen MR) is 138 cm³/mol. The molecular weight excluding hydrogens is 466 g/mol. The van der Waals surface area contributed by atoms with E-state index in [0.717, 1.165) is 28.3 Å². The van der Waals surface area contributed by atoms with Crippen molar-refractivity contribution in [2.75, 3.05) is 17.2 Å². The third-order valence-corrected chi connectivity index (χ3v) is 6.14. The number of sulfonamides is 1. The molecule has 0 aliphatic rings. The maximum absolute atomic E-state index is 12.7. The molecule has 1 amide bonds. The third-order valence-electron chi connectivity index (χ3n) is 4.90. The summed E-state index contributed by atoms with van der Waals surface area (Å²) in [6, 6.07) is 21.9. The Bertz CT molecular complexity index is 1230. The number of rotatable bonds is 11. The fourth-order valence-electron chi connectivity index (χ4n) is 3.23. The van der Waals surface area contributed by atoms with Gasteiger partial charge >= 0.3 is 0 Å². The Balaban J connectivity index is 1.66. The Morgan fingerprint density at radius 3 is 2.17 bits per heavy atom. The average molecular weight is 496 g/mol. The highest BCUT2D eigenvalue weighted by molar-refractivity contribution is 7.92. The molecule has 0 saturated carbocycles. The van der Waals surface area contributed by atoms with Gasteiger partial charge in [-0.05, 0) is 79.6 Å². The maximum atomic E-state index is 12.7. The van der Waals surface area contributed by atoms with Gasteiger partial charge in [0, 0.05) is 0 Å². The van der Waals surface area contributed by atoms with Crippen molar-refractivity contribution >= 4 is 27.8 Å². The molecule has 184 valence electrons. The number of anilines is 1. The highest BCUT2D eigenvalue weighted by atomic mass is 32.2. The minimum absolute atomic E-state index is 0.335. The van der Waals surface area contributed by atoms with Crippen molar-refractivity contribution in [2.24, 2.45) is 5.10 Å². The number of ether oxygens (including phenoxy) is 2. The van der Waals surface area contributed by atoms with Crippen LogP contribution in [0.1, 0.15) is 25.8 Å². The largest absolute Gasteiger partial charge is 0.494 e. The van der Waals surface area contributed by atoms with Gasteiger partial charge in [0.05, 0.1) is 24.8 Å². The lowest BCUT2D eigenvalue weighted by atomic mass is 10.2. The lowest BCUT2D eigenvalue weighted by Crippen LogP contribution is -2.46. The smallest absolute Gasteiger partial charge is 0.263 e. The minimum atomic E-state index is -3.76. The van der Waals surface area contributed by atoms with Crippen molar-refractivity contribution < 1.29 is 22.7 Å². The van der Waals surface area contributed by atoms with E-state index in [1.807, 2.05) is 61.5 Å². The molecule has 0 saturated heterocycles. The van der Waals surface area contributed by atoms with Crippen LogP contribution in [0.2, 0.25) is 0 Å². The van der Waals surface area contributed by atoms with E-state index in [2.05, 4.69) is 10.5 Å².